The van der Waals surface area contributed by atoms with Gasteiger partial charge in [-0.2, -0.15) is 0 Å². The molecule has 146 valence electrons. The number of likely N-dealkylation sites (tertiary alicyclic amines) is 1. The highest BCUT2D eigenvalue weighted by Gasteiger charge is 2.35. The summed E-state index contributed by atoms with van der Waals surface area (Å²) in [6, 6.07) is 4.37. The van der Waals surface area contributed by atoms with Gasteiger partial charge in [0.15, 0.2) is 0 Å². The van der Waals surface area contributed by atoms with Crippen molar-refractivity contribution in [3.63, 3.8) is 0 Å². The van der Waals surface area contributed by atoms with E-state index in [0.29, 0.717) is 17.3 Å². The van der Waals surface area contributed by atoms with Crippen LogP contribution in [0.15, 0.2) is 34.0 Å². The Balaban J connectivity index is 1.45. The second-order valence-electron chi connectivity index (χ2n) is 7.83. The van der Waals surface area contributed by atoms with E-state index >= 15 is 0 Å². The van der Waals surface area contributed by atoms with Crippen LogP contribution >= 0.6 is 22.7 Å². The lowest BCUT2D eigenvalue weighted by atomic mass is 9.78. The Morgan fingerprint density at radius 3 is 2.89 bits per heavy atom. The molecular weight excluding hydrogens is 390 g/mol. The Morgan fingerprint density at radius 1 is 1.18 bits per heavy atom. The summed E-state index contributed by atoms with van der Waals surface area (Å²) in [5.74, 6) is 0.707. The molecule has 0 radical (unpaired) electrons. The van der Waals surface area contributed by atoms with Crippen molar-refractivity contribution in [2.75, 3.05) is 6.54 Å². The molecule has 3 aromatic heterocycles. The second kappa shape index (κ2) is 7.44. The van der Waals surface area contributed by atoms with Gasteiger partial charge in [0, 0.05) is 28.4 Å². The monoisotopic (exact) mass is 413 g/mol. The molecule has 0 N–H and O–H groups in total. The maximum absolute atomic E-state index is 13.2. The van der Waals surface area contributed by atoms with E-state index in [4.69, 9.17) is 0 Å². The first kappa shape index (κ1) is 18.1. The zero-order valence-corrected chi connectivity index (χ0v) is 17.3. The number of piperidine rings is 1. The topological polar surface area (TPSA) is 55.2 Å². The fourth-order valence-electron chi connectivity index (χ4n) is 4.86. The van der Waals surface area contributed by atoms with Crippen LogP contribution in [0.4, 0.5) is 0 Å². The van der Waals surface area contributed by atoms with Gasteiger partial charge < -0.3 is 4.90 Å². The molecule has 2 aliphatic rings. The number of amides is 1. The minimum Gasteiger partial charge on any atom is -0.338 e. The average Bonchev–Trinajstić information content (AvgIpc) is 3.39. The van der Waals surface area contributed by atoms with Gasteiger partial charge in [-0.3, -0.25) is 14.2 Å². The predicted octanol–water partition coefficient (Wildman–Crippen LogP) is 4.37. The number of hydrogen-bond donors (Lipinski definition) is 0. The van der Waals surface area contributed by atoms with Crippen molar-refractivity contribution in [2.24, 2.45) is 5.92 Å². The van der Waals surface area contributed by atoms with Crippen LogP contribution in [0.25, 0.3) is 20.7 Å². The normalized spacial score (nSPS) is 22.4. The molecule has 0 aromatic carbocycles. The minimum atomic E-state index is -0.111. The third kappa shape index (κ3) is 3.10. The van der Waals surface area contributed by atoms with Crippen LogP contribution in [0.1, 0.15) is 38.5 Å². The fraction of sp³-hybridized carbons (Fsp3) is 0.476. The molecule has 1 saturated carbocycles. The number of rotatable bonds is 3. The number of nitrogens with zero attached hydrogens (tertiary/aromatic N) is 3. The summed E-state index contributed by atoms with van der Waals surface area (Å²) >= 11 is 3.10. The SMILES string of the molecule is O=C(Cn1cnc2scc(-c3cccs3)c2c1=O)N1CCC[C@H]2CCCC[C@H]21. The van der Waals surface area contributed by atoms with Crippen molar-refractivity contribution in [3.05, 3.63) is 39.6 Å². The van der Waals surface area contributed by atoms with Crippen LogP contribution in [0.2, 0.25) is 0 Å². The maximum Gasteiger partial charge on any atom is 0.263 e. The average molecular weight is 414 g/mol. The quantitative estimate of drug-likeness (QED) is 0.641. The zero-order chi connectivity index (χ0) is 19.1. The summed E-state index contributed by atoms with van der Waals surface area (Å²) in [5.41, 5.74) is 0.819. The summed E-state index contributed by atoms with van der Waals surface area (Å²) < 4.78 is 1.50. The number of aromatic nitrogens is 2. The van der Waals surface area contributed by atoms with Crippen LogP contribution in [-0.4, -0.2) is 32.9 Å². The van der Waals surface area contributed by atoms with Crippen LogP contribution in [0.3, 0.4) is 0 Å². The van der Waals surface area contributed by atoms with Gasteiger partial charge in [-0.05, 0) is 43.0 Å². The van der Waals surface area contributed by atoms with Crippen molar-refractivity contribution < 1.29 is 4.79 Å². The third-order valence-electron chi connectivity index (χ3n) is 6.22. The molecule has 3 aromatic rings. The molecule has 1 aliphatic carbocycles. The number of carbonyl (C=O) groups excluding carboxylic acids is 1. The molecule has 2 fully saturated rings. The molecule has 1 amide bonds. The Kier molecular flexibility index (Phi) is 4.80. The molecule has 4 heterocycles. The van der Waals surface area contributed by atoms with Crippen molar-refractivity contribution >= 4 is 38.8 Å². The summed E-state index contributed by atoms with van der Waals surface area (Å²) in [4.78, 5) is 34.6. The van der Waals surface area contributed by atoms with Crippen molar-refractivity contribution in [2.45, 2.75) is 51.1 Å². The van der Waals surface area contributed by atoms with Crippen LogP contribution < -0.4 is 5.56 Å². The molecule has 7 heteroatoms. The molecule has 5 rings (SSSR count). The largest absolute Gasteiger partial charge is 0.338 e. The highest BCUT2D eigenvalue weighted by atomic mass is 32.1. The smallest absolute Gasteiger partial charge is 0.263 e. The summed E-state index contributed by atoms with van der Waals surface area (Å²) in [6.07, 6.45) is 8.69. The first-order valence-corrected chi connectivity index (χ1v) is 11.8. The number of hydrogen-bond acceptors (Lipinski definition) is 5. The molecular formula is C21H23N3O2S2. The van der Waals surface area contributed by atoms with Gasteiger partial charge in [-0.25, -0.2) is 4.98 Å². The summed E-state index contributed by atoms with van der Waals surface area (Å²) in [5, 5.41) is 4.64. The lowest BCUT2D eigenvalue weighted by Crippen LogP contribution is -2.51. The zero-order valence-electron chi connectivity index (χ0n) is 15.7. The standard InChI is InChI=1S/C21H23N3O2S2/c25-18(24-9-3-6-14-5-1-2-7-16(14)24)11-23-13-22-20-19(21(23)26)15(12-28-20)17-8-4-10-27-17/h4,8,10,12-14,16H,1-3,5-7,9,11H2/t14-,16-/m1/s1. The third-order valence-corrected chi connectivity index (χ3v) is 8.01. The van der Waals surface area contributed by atoms with Crippen LogP contribution in [-0.2, 0) is 11.3 Å². The maximum atomic E-state index is 13.2. The highest BCUT2D eigenvalue weighted by molar-refractivity contribution is 7.18. The van der Waals surface area contributed by atoms with Gasteiger partial charge >= 0.3 is 0 Å². The molecule has 0 unspecified atom stereocenters. The van der Waals surface area contributed by atoms with Gasteiger partial charge in [0.1, 0.15) is 11.4 Å². The minimum absolute atomic E-state index is 0.0627. The van der Waals surface area contributed by atoms with Gasteiger partial charge in [0.05, 0.1) is 11.7 Å². The highest BCUT2D eigenvalue weighted by Crippen LogP contribution is 2.36. The van der Waals surface area contributed by atoms with E-state index in [0.717, 1.165) is 34.7 Å². The molecule has 0 bridgehead atoms. The lowest BCUT2D eigenvalue weighted by Gasteiger charge is -2.44. The Bertz CT molecular complexity index is 1050. The first-order chi connectivity index (χ1) is 13.7. The summed E-state index contributed by atoms with van der Waals surface area (Å²) in [7, 11) is 0. The molecule has 28 heavy (non-hydrogen) atoms. The summed E-state index contributed by atoms with van der Waals surface area (Å²) in [6.45, 7) is 0.911. The van der Waals surface area contributed by atoms with Crippen molar-refractivity contribution in [3.8, 4) is 10.4 Å². The van der Waals surface area contributed by atoms with E-state index in [1.807, 2.05) is 22.9 Å². The van der Waals surface area contributed by atoms with Crippen molar-refractivity contribution in [1.82, 2.24) is 14.5 Å². The van der Waals surface area contributed by atoms with E-state index in [1.165, 1.54) is 41.6 Å². The fourth-order valence-corrected chi connectivity index (χ4v) is 6.59. The van der Waals surface area contributed by atoms with Crippen molar-refractivity contribution in [1.29, 1.82) is 0 Å². The van der Waals surface area contributed by atoms with Gasteiger partial charge in [-0.15, -0.1) is 22.7 Å². The predicted molar refractivity (Wildman–Crippen MR) is 114 cm³/mol. The molecule has 1 saturated heterocycles. The molecule has 0 spiro atoms. The number of carbonyl (C=O) groups is 1. The number of fused-ring (bicyclic) bond motifs is 2. The van der Waals surface area contributed by atoms with E-state index < -0.39 is 0 Å². The molecule has 5 nitrogen and oxygen atoms in total. The van der Waals surface area contributed by atoms with E-state index in [9.17, 15) is 9.59 Å². The Morgan fingerprint density at radius 2 is 2.04 bits per heavy atom. The Labute approximate surface area is 171 Å². The van der Waals surface area contributed by atoms with E-state index in [-0.39, 0.29) is 18.0 Å². The van der Waals surface area contributed by atoms with Gasteiger partial charge in [0.25, 0.3) is 5.56 Å². The van der Waals surface area contributed by atoms with Crippen LogP contribution in [0, 0.1) is 5.92 Å². The molecule has 2 atom stereocenters. The number of thiophene rings is 2. The van der Waals surface area contributed by atoms with E-state index in [1.54, 1.807) is 17.7 Å². The second-order valence-corrected chi connectivity index (χ2v) is 9.63. The van der Waals surface area contributed by atoms with Gasteiger partial charge in [0.2, 0.25) is 5.91 Å². The van der Waals surface area contributed by atoms with Gasteiger partial charge in [-0.1, -0.05) is 18.9 Å². The van der Waals surface area contributed by atoms with E-state index in [2.05, 4.69) is 9.88 Å². The lowest BCUT2D eigenvalue weighted by molar-refractivity contribution is -0.138. The van der Waals surface area contributed by atoms with Crippen LogP contribution in [0.5, 0.6) is 0 Å². The Hall–Kier alpha value is -1.99. The first-order valence-electron chi connectivity index (χ1n) is 10.0. The molecule has 1 aliphatic heterocycles.